The van der Waals surface area contributed by atoms with E-state index in [0.29, 0.717) is 6.54 Å². The summed E-state index contributed by atoms with van der Waals surface area (Å²) in [5.41, 5.74) is 2.08. The average molecular weight is 242 g/mol. The Morgan fingerprint density at radius 1 is 1.56 bits per heavy atom. The summed E-state index contributed by atoms with van der Waals surface area (Å²) in [5, 5.41) is 9.60. The molecule has 0 fully saturated rings. The molecule has 0 saturated carbocycles. The van der Waals surface area contributed by atoms with Crippen molar-refractivity contribution >= 4 is 17.6 Å². The van der Waals surface area contributed by atoms with Crippen LogP contribution in [0, 0.1) is 6.92 Å². The predicted octanol–water partition coefficient (Wildman–Crippen LogP) is 2.55. The van der Waals surface area contributed by atoms with E-state index in [4.69, 9.17) is 16.7 Å². The van der Waals surface area contributed by atoms with Crippen LogP contribution in [0.25, 0.3) is 0 Å². The van der Waals surface area contributed by atoms with Crippen molar-refractivity contribution in [1.29, 1.82) is 0 Å². The van der Waals surface area contributed by atoms with Gasteiger partial charge in [0.2, 0.25) is 0 Å². The van der Waals surface area contributed by atoms with Crippen molar-refractivity contribution in [3.63, 3.8) is 0 Å². The Labute approximate surface area is 101 Å². The molecule has 0 aliphatic carbocycles. The number of benzene rings is 1. The Kier molecular flexibility index (Phi) is 4.33. The molecule has 0 amide bonds. The van der Waals surface area contributed by atoms with Gasteiger partial charge in [-0.25, -0.2) is 0 Å². The lowest BCUT2D eigenvalue weighted by Gasteiger charge is -2.21. The zero-order chi connectivity index (χ0) is 12.3. The third-order valence-corrected chi connectivity index (χ3v) is 3.10. The summed E-state index contributed by atoms with van der Waals surface area (Å²) in [6.45, 7) is 4.21. The number of carboxylic acids is 1. The second-order valence-corrected chi connectivity index (χ2v) is 4.42. The molecule has 1 aromatic carbocycles. The van der Waals surface area contributed by atoms with Crippen molar-refractivity contribution in [2.24, 2.45) is 0 Å². The van der Waals surface area contributed by atoms with Crippen molar-refractivity contribution in [3.05, 3.63) is 34.3 Å². The molecule has 0 spiro atoms. The van der Waals surface area contributed by atoms with E-state index in [1.807, 2.05) is 25.1 Å². The number of aliphatic carboxylic acids is 1. The van der Waals surface area contributed by atoms with Crippen molar-refractivity contribution < 1.29 is 9.90 Å². The molecule has 0 radical (unpaired) electrons. The van der Waals surface area contributed by atoms with Gasteiger partial charge in [-0.15, -0.1) is 0 Å². The standard InChI is InChI=1S/C12H16ClNO2/c1-8-6-10(4-5-11(8)13)7-14(3)9(2)12(15)16/h4-6,9H,7H2,1-3H3,(H,15,16). The summed E-state index contributed by atoms with van der Waals surface area (Å²) in [4.78, 5) is 12.6. The van der Waals surface area contributed by atoms with Gasteiger partial charge in [-0.3, -0.25) is 9.69 Å². The minimum absolute atomic E-state index is 0.490. The molecule has 4 heteroatoms. The van der Waals surface area contributed by atoms with E-state index in [9.17, 15) is 4.79 Å². The van der Waals surface area contributed by atoms with E-state index in [2.05, 4.69) is 0 Å². The molecule has 1 atom stereocenters. The lowest BCUT2D eigenvalue weighted by atomic mass is 10.1. The fourth-order valence-corrected chi connectivity index (χ4v) is 1.54. The molecule has 0 bridgehead atoms. The molecule has 1 unspecified atom stereocenters. The summed E-state index contributed by atoms with van der Waals surface area (Å²) in [5.74, 6) is -0.812. The molecule has 1 rings (SSSR count). The Morgan fingerprint density at radius 3 is 2.69 bits per heavy atom. The number of halogens is 1. The van der Waals surface area contributed by atoms with Crippen molar-refractivity contribution in [2.45, 2.75) is 26.4 Å². The molecule has 0 saturated heterocycles. The van der Waals surface area contributed by atoms with Crippen LogP contribution in [0.15, 0.2) is 18.2 Å². The van der Waals surface area contributed by atoms with Crippen LogP contribution >= 0.6 is 11.6 Å². The van der Waals surface area contributed by atoms with Crippen LogP contribution < -0.4 is 0 Å². The van der Waals surface area contributed by atoms with Gasteiger partial charge in [0, 0.05) is 11.6 Å². The van der Waals surface area contributed by atoms with Crippen LogP contribution in [0.2, 0.25) is 5.02 Å². The maximum atomic E-state index is 10.8. The molecule has 3 nitrogen and oxygen atoms in total. The Balaban J connectivity index is 2.73. The summed E-state index contributed by atoms with van der Waals surface area (Å²) >= 11 is 5.92. The van der Waals surface area contributed by atoms with Crippen molar-refractivity contribution in [1.82, 2.24) is 4.90 Å². The first-order valence-corrected chi connectivity index (χ1v) is 5.47. The Hall–Kier alpha value is -1.06. The fourth-order valence-electron chi connectivity index (χ4n) is 1.42. The molecule has 88 valence electrons. The maximum absolute atomic E-state index is 10.8. The van der Waals surface area contributed by atoms with Gasteiger partial charge in [0.25, 0.3) is 0 Å². The highest BCUT2D eigenvalue weighted by Gasteiger charge is 2.16. The molecule has 0 aromatic heterocycles. The first kappa shape index (κ1) is 13.0. The topological polar surface area (TPSA) is 40.5 Å². The summed E-state index contributed by atoms with van der Waals surface area (Å²) in [6.07, 6.45) is 0. The fraction of sp³-hybridized carbons (Fsp3) is 0.417. The van der Waals surface area contributed by atoms with E-state index in [-0.39, 0.29) is 0 Å². The van der Waals surface area contributed by atoms with Gasteiger partial charge in [0.05, 0.1) is 0 Å². The number of aryl methyl sites for hydroxylation is 1. The van der Waals surface area contributed by atoms with Crippen LogP contribution in [0.4, 0.5) is 0 Å². The molecular weight excluding hydrogens is 226 g/mol. The van der Waals surface area contributed by atoms with E-state index in [1.165, 1.54) is 0 Å². The van der Waals surface area contributed by atoms with Crippen LogP contribution in [-0.4, -0.2) is 29.1 Å². The molecule has 1 N–H and O–H groups in total. The second kappa shape index (κ2) is 5.32. The monoisotopic (exact) mass is 241 g/mol. The number of hydrogen-bond acceptors (Lipinski definition) is 2. The molecular formula is C12H16ClNO2. The quantitative estimate of drug-likeness (QED) is 0.881. The molecule has 0 aliphatic heterocycles. The third kappa shape index (κ3) is 3.22. The highest BCUT2D eigenvalue weighted by atomic mass is 35.5. The summed E-state index contributed by atoms with van der Waals surface area (Å²) in [6, 6.07) is 5.25. The number of hydrogen-bond donors (Lipinski definition) is 1. The molecule has 1 aromatic rings. The van der Waals surface area contributed by atoms with Crippen LogP contribution in [-0.2, 0) is 11.3 Å². The van der Waals surface area contributed by atoms with E-state index in [0.717, 1.165) is 16.1 Å². The highest BCUT2D eigenvalue weighted by Crippen LogP contribution is 2.17. The number of carbonyl (C=O) groups is 1. The van der Waals surface area contributed by atoms with Gasteiger partial charge in [0.1, 0.15) is 6.04 Å². The minimum atomic E-state index is -0.812. The van der Waals surface area contributed by atoms with Gasteiger partial charge in [-0.2, -0.15) is 0 Å². The zero-order valence-corrected chi connectivity index (χ0v) is 10.5. The minimum Gasteiger partial charge on any atom is -0.480 e. The van der Waals surface area contributed by atoms with Gasteiger partial charge in [-0.05, 0) is 38.1 Å². The molecule has 16 heavy (non-hydrogen) atoms. The number of carboxylic acid groups (broad SMARTS) is 1. The average Bonchev–Trinajstić information content (AvgIpc) is 2.22. The van der Waals surface area contributed by atoms with Gasteiger partial charge in [-0.1, -0.05) is 23.7 Å². The number of rotatable bonds is 4. The van der Waals surface area contributed by atoms with Crippen molar-refractivity contribution in [3.8, 4) is 0 Å². The van der Waals surface area contributed by atoms with E-state index >= 15 is 0 Å². The molecule has 0 aliphatic rings. The zero-order valence-electron chi connectivity index (χ0n) is 9.70. The largest absolute Gasteiger partial charge is 0.480 e. The van der Waals surface area contributed by atoms with Crippen molar-refractivity contribution in [2.75, 3.05) is 7.05 Å². The highest BCUT2D eigenvalue weighted by molar-refractivity contribution is 6.31. The predicted molar refractivity (Wildman–Crippen MR) is 64.8 cm³/mol. The normalized spacial score (nSPS) is 12.8. The number of nitrogens with zero attached hydrogens (tertiary/aromatic N) is 1. The number of likely N-dealkylation sites (N-methyl/N-ethyl adjacent to an activating group) is 1. The Bertz CT molecular complexity index is 393. The van der Waals surface area contributed by atoms with Gasteiger partial charge in [0.15, 0.2) is 0 Å². The van der Waals surface area contributed by atoms with E-state index in [1.54, 1.807) is 18.9 Å². The SMILES string of the molecule is Cc1cc(CN(C)C(C)C(=O)O)ccc1Cl. The lowest BCUT2D eigenvalue weighted by Crippen LogP contribution is -2.35. The summed E-state index contributed by atoms with van der Waals surface area (Å²) in [7, 11) is 1.79. The maximum Gasteiger partial charge on any atom is 0.320 e. The lowest BCUT2D eigenvalue weighted by molar-refractivity contribution is -0.142. The van der Waals surface area contributed by atoms with Crippen LogP contribution in [0.5, 0.6) is 0 Å². The first-order valence-electron chi connectivity index (χ1n) is 5.10. The van der Waals surface area contributed by atoms with E-state index < -0.39 is 12.0 Å². The smallest absolute Gasteiger partial charge is 0.320 e. The van der Waals surface area contributed by atoms with Crippen LogP contribution in [0.1, 0.15) is 18.1 Å². The Morgan fingerprint density at radius 2 is 2.19 bits per heavy atom. The van der Waals surface area contributed by atoms with Gasteiger partial charge < -0.3 is 5.11 Å². The van der Waals surface area contributed by atoms with Crippen LogP contribution in [0.3, 0.4) is 0 Å². The summed E-state index contributed by atoms with van der Waals surface area (Å²) < 4.78 is 0. The third-order valence-electron chi connectivity index (χ3n) is 2.67. The molecule has 0 heterocycles. The van der Waals surface area contributed by atoms with Gasteiger partial charge >= 0.3 is 5.97 Å². The first-order chi connectivity index (χ1) is 7.41. The second-order valence-electron chi connectivity index (χ2n) is 4.01.